The van der Waals surface area contributed by atoms with Crippen molar-refractivity contribution in [1.29, 1.82) is 0 Å². The van der Waals surface area contributed by atoms with E-state index >= 15 is 0 Å². The molecule has 128 valence electrons. The topological polar surface area (TPSA) is 90.9 Å². The summed E-state index contributed by atoms with van der Waals surface area (Å²) >= 11 is 0. The molecular weight excluding hydrogens is 286 g/mol. The van der Waals surface area contributed by atoms with Crippen LogP contribution in [0.25, 0.3) is 0 Å². The number of rotatable bonds is 5. The molecule has 1 aliphatic rings. The Balaban J connectivity index is 2.37. The fraction of sp³-hybridized carbons (Fsp3) is 0.867. The zero-order valence-electron chi connectivity index (χ0n) is 14.0. The van der Waals surface area contributed by atoms with Crippen LogP contribution in [0.3, 0.4) is 0 Å². The number of carbonyl (C=O) groups is 2. The summed E-state index contributed by atoms with van der Waals surface area (Å²) in [6, 6.07) is -0.787. The monoisotopic (exact) mass is 315 g/mol. The molecule has 1 aliphatic heterocycles. The highest BCUT2D eigenvalue weighted by Gasteiger charge is 2.36. The van der Waals surface area contributed by atoms with Gasteiger partial charge in [0.2, 0.25) is 0 Å². The number of hydrogen-bond acceptors (Lipinski definition) is 4. The molecule has 0 unspecified atom stereocenters. The van der Waals surface area contributed by atoms with Crippen LogP contribution in [0.1, 0.15) is 47.0 Å². The number of nitrogens with one attached hydrogen (secondary N) is 2. The van der Waals surface area contributed by atoms with E-state index in [-0.39, 0.29) is 19.1 Å². The van der Waals surface area contributed by atoms with E-state index in [1.165, 1.54) is 4.90 Å². The van der Waals surface area contributed by atoms with Crippen molar-refractivity contribution in [3.8, 4) is 0 Å². The number of urea groups is 1. The fourth-order valence-corrected chi connectivity index (χ4v) is 2.20. The number of carbonyl (C=O) groups excluding carboxylic acids is 2. The number of likely N-dealkylation sites (tertiary alicyclic amines) is 1. The fourth-order valence-electron chi connectivity index (χ4n) is 2.20. The maximum absolute atomic E-state index is 11.9. The molecule has 7 heteroatoms. The van der Waals surface area contributed by atoms with Gasteiger partial charge in [-0.15, -0.1) is 0 Å². The van der Waals surface area contributed by atoms with Gasteiger partial charge in [0.05, 0.1) is 18.7 Å². The van der Waals surface area contributed by atoms with Gasteiger partial charge in [-0.3, -0.25) is 0 Å². The Labute approximate surface area is 132 Å². The van der Waals surface area contributed by atoms with E-state index in [0.29, 0.717) is 6.54 Å². The van der Waals surface area contributed by atoms with Crippen LogP contribution in [0.2, 0.25) is 0 Å². The van der Waals surface area contributed by atoms with Crippen LogP contribution >= 0.6 is 0 Å². The zero-order valence-corrected chi connectivity index (χ0v) is 14.0. The third-order valence-corrected chi connectivity index (χ3v) is 3.32. The van der Waals surface area contributed by atoms with Crippen molar-refractivity contribution in [3.05, 3.63) is 0 Å². The normalized spacial score (nSPS) is 21.6. The van der Waals surface area contributed by atoms with Gasteiger partial charge in [0.25, 0.3) is 0 Å². The van der Waals surface area contributed by atoms with Gasteiger partial charge in [0.15, 0.2) is 0 Å². The average molecular weight is 315 g/mol. The average Bonchev–Trinajstić information content (AvgIpc) is 2.74. The first kappa shape index (κ1) is 18.5. The van der Waals surface area contributed by atoms with Crippen LogP contribution in [-0.2, 0) is 4.74 Å². The lowest BCUT2D eigenvalue weighted by Gasteiger charge is -2.24. The highest BCUT2D eigenvalue weighted by atomic mass is 16.6. The predicted octanol–water partition coefficient (Wildman–Crippen LogP) is 1.46. The second-order valence-electron chi connectivity index (χ2n) is 6.67. The summed E-state index contributed by atoms with van der Waals surface area (Å²) < 4.78 is 5.26. The molecule has 2 atom stereocenters. The molecule has 3 amide bonds. The first-order valence-electron chi connectivity index (χ1n) is 7.93. The van der Waals surface area contributed by atoms with E-state index in [0.717, 1.165) is 19.3 Å². The first-order chi connectivity index (χ1) is 10.2. The van der Waals surface area contributed by atoms with Crippen LogP contribution in [0.4, 0.5) is 9.59 Å². The summed E-state index contributed by atoms with van der Waals surface area (Å²) in [4.78, 5) is 25.1. The molecule has 0 bridgehead atoms. The van der Waals surface area contributed by atoms with Crippen molar-refractivity contribution in [1.82, 2.24) is 15.5 Å². The van der Waals surface area contributed by atoms with Gasteiger partial charge in [-0.2, -0.15) is 0 Å². The number of aliphatic hydroxyl groups excluding tert-OH is 1. The van der Waals surface area contributed by atoms with E-state index < -0.39 is 23.8 Å². The minimum Gasteiger partial charge on any atom is -0.444 e. The van der Waals surface area contributed by atoms with E-state index in [2.05, 4.69) is 17.6 Å². The van der Waals surface area contributed by atoms with E-state index in [1.54, 1.807) is 20.8 Å². The summed E-state index contributed by atoms with van der Waals surface area (Å²) in [5.41, 5.74) is -0.579. The quantitative estimate of drug-likeness (QED) is 0.670. The lowest BCUT2D eigenvalue weighted by Crippen LogP contribution is -2.47. The highest BCUT2D eigenvalue weighted by Crippen LogP contribution is 2.15. The maximum Gasteiger partial charge on any atom is 0.410 e. The number of amides is 3. The Kier molecular flexibility index (Phi) is 6.93. The first-order valence-corrected chi connectivity index (χ1v) is 7.93. The van der Waals surface area contributed by atoms with Gasteiger partial charge in [-0.05, 0) is 27.2 Å². The Morgan fingerprint density at radius 2 is 1.95 bits per heavy atom. The van der Waals surface area contributed by atoms with E-state index in [4.69, 9.17) is 4.74 Å². The molecular formula is C15H29N3O4. The molecule has 1 rings (SSSR count). The van der Waals surface area contributed by atoms with E-state index in [9.17, 15) is 14.7 Å². The minimum absolute atomic E-state index is 0.162. The molecule has 0 spiro atoms. The summed E-state index contributed by atoms with van der Waals surface area (Å²) in [6.07, 6.45) is 1.84. The van der Waals surface area contributed by atoms with Crippen molar-refractivity contribution >= 4 is 12.1 Å². The largest absolute Gasteiger partial charge is 0.444 e. The second-order valence-corrected chi connectivity index (χ2v) is 6.67. The molecule has 0 radical (unpaired) electrons. The number of aliphatic hydroxyl groups is 1. The van der Waals surface area contributed by atoms with Crippen molar-refractivity contribution in [2.24, 2.45) is 0 Å². The standard InChI is InChI=1S/C15H29N3O4/c1-5-6-7-8-16-13(20)17-11-9-18(10-12(11)19)14(21)22-15(2,3)4/h11-12,19H,5-10H2,1-4H3,(H2,16,17,20)/t11-,12-/m0/s1. The van der Waals surface area contributed by atoms with Crippen LogP contribution in [0, 0.1) is 0 Å². The summed E-state index contributed by atoms with van der Waals surface area (Å²) in [5, 5.41) is 15.4. The molecule has 1 fully saturated rings. The van der Waals surface area contributed by atoms with Crippen molar-refractivity contribution < 1.29 is 19.4 Å². The Morgan fingerprint density at radius 1 is 1.27 bits per heavy atom. The summed E-state index contributed by atoms with van der Waals surface area (Å²) in [7, 11) is 0. The molecule has 1 saturated heterocycles. The number of unbranched alkanes of at least 4 members (excludes halogenated alkanes) is 2. The van der Waals surface area contributed by atoms with Crippen LogP contribution < -0.4 is 10.6 Å². The molecule has 0 aliphatic carbocycles. The molecule has 0 aromatic rings. The number of ether oxygens (including phenoxy) is 1. The van der Waals surface area contributed by atoms with Crippen LogP contribution in [-0.4, -0.2) is 59.5 Å². The highest BCUT2D eigenvalue weighted by molar-refractivity contribution is 5.75. The lowest BCUT2D eigenvalue weighted by atomic mass is 10.2. The van der Waals surface area contributed by atoms with Gasteiger partial charge < -0.3 is 25.4 Å². The summed E-state index contributed by atoms with van der Waals surface area (Å²) in [5.74, 6) is 0. The number of hydrogen-bond donors (Lipinski definition) is 3. The summed E-state index contributed by atoms with van der Waals surface area (Å²) in [6.45, 7) is 8.48. The van der Waals surface area contributed by atoms with Gasteiger partial charge >= 0.3 is 12.1 Å². The van der Waals surface area contributed by atoms with Gasteiger partial charge in [-0.25, -0.2) is 9.59 Å². The molecule has 0 aromatic heterocycles. The molecule has 3 N–H and O–H groups in total. The number of nitrogens with zero attached hydrogens (tertiary/aromatic N) is 1. The van der Waals surface area contributed by atoms with Crippen molar-refractivity contribution in [2.75, 3.05) is 19.6 Å². The smallest absolute Gasteiger partial charge is 0.410 e. The Hall–Kier alpha value is -1.50. The Morgan fingerprint density at radius 3 is 2.55 bits per heavy atom. The van der Waals surface area contributed by atoms with Gasteiger partial charge in [-0.1, -0.05) is 19.8 Å². The Bertz CT molecular complexity index is 381. The third kappa shape index (κ3) is 6.51. The maximum atomic E-state index is 11.9. The third-order valence-electron chi connectivity index (χ3n) is 3.32. The second kappa shape index (κ2) is 8.22. The molecule has 0 saturated carbocycles. The SMILES string of the molecule is CCCCCNC(=O)N[C@H]1CN(C(=O)OC(C)(C)C)C[C@@H]1O. The van der Waals surface area contributed by atoms with Crippen LogP contribution in [0.15, 0.2) is 0 Å². The zero-order chi connectivity index (χ0) is 16.8. The molecule has 7 nitrogen and oxygen atoms in total. The number of β-amino-alcohol motifs (C(OH)–C–C–N with tert-alkyl or cyclic N) is 1. The predicted molar refractivity (Wildman–Crippen MR) is 83.7 cm³/mol. The van der Waals surface area contributed by atoms with Gasteiger partial charge in [0.1, 0.15) is 5.60 Å². The minimum atomic E-state index is -0.783. The lowest BCUT2D eigenvalue weighted by molar-refractivity contribution is 0.0270. The molecule has 1 heterocycles. The van der Waals surface area contributed by atoms with Crippen molar-refractivity contribution in [2.45, 2.75) is 64.7 Å². The van der Waals surface area contributed by atoms with E-state index in [1.807, 2.05) is 0 Å². The van der Waals surface area contributed by atoms with Crippen LogP contribution in [0.5, 0.6) is 0 Å². The molecule has 22 heavy (non-hydrogen) atoms. The molecule has 0 aromatic carbocycles. The van der Waals surface area contributed by atoms with Crippen molar-refractivity contribution in [3.63, 3.8) is 0 Å². The van der Waals surface area contributed by atoms with Gasteiger partial charge in [0, 0.05) is 13.1 Å².